The molecule has 1 atom stereocenters. The molecule has 0 aliphatic heterocycles. The molecule has 1 unspecified atom stereocenters. The number of carbonyl (C=O) groups is 1. The Labute approximate surface area is 114 Å². The number of nitrogens with one attached hydrogen (secondary N) is 1. The maximum Gasteiger partial charge on any atom is 0.227 e. The van der Waals surface area contributed by atoms with E-state index in [-0.39, 0.29) is 11.8 Å². The van der Waals surface area contributed by atoms with Crippen LogP contribution in [0.3, 0.4) is 0 Å². The molecule has 0 bridgehead atoms. The monoisotopic (exact) mass is 253 g/mol. The van der Waals surface area contributed by atoms with Crippen molar-refractivity contribution in [1.82, 2.24) is 5.32 Å². The van der Waals surface area contributed by atoms with Gasteiger partial charge in [-0.15, -0.1) is 0 Å². The molecule has 0 saturated carbocycles. The van der Waals surface area contributed by atoms with E-state index in [1.165, 1.54) is 0 Å². The van der Waals surface area contributed by atoms with Crippen LogP contribution < -0.4 is 5.32 Å². The molecule has 0 aromatic heterocycles. The number of benzene rings is 2. The number of carbonyl (C=O) groups excluding carboxylic acids is 1. The van der Waals surface area contributed by atoms with Crippen molar-refractivity contribution in [2.45, 2.75) is 25.8 Å². The molecule has 0 spiro atoms. The van der Waals surface area contributed by atoms with Crippen LogP contribution in [0.2, 0.25) is 0 Å². The fourth-order valence-corrected chi connectivity index (χ4v) is 2.17. The predicted octanol–water partition coefficient (Wildman–Crippen LogP) is 3.50. The van der Waals surface area contributed by atoms with Crippen molar-refractivity contribution in [1.29, 1.82) is 0 Å². The maximum absolute atomic E-state index is 12.2. The highest BCUT2D eigenvalue weighted by molar-refractivity contribution is 5.83. The summed E-state index contributed by atoms with van der Waals surface area (Å²) in [5, 5.41) is 3.01. The van der Waals surface area contributed by atoms with Crippen molar-refractivity contribution in [3.05, 3.63) is 71.8 Å². The summed E-state index contributed by atoms with van der Waals surface area (Å²) in [6, 6.07) is 19.9. The Morgan fingerprint density at radius 1 is 1.00 bits per heavy atom. The fourth-order valence-electron chi connectivity index (χ4n) is 2.17. The van der Waals surface area contributed by atoms with E-state index in [1.807, 2.05) is 67.6 Å². The van der Waals surface area contributed by atoms with Gasteiger partial charge in [0.25, 0.3) is 0 Å². The zero-order chi connectivity index (χ0) is 13.5. The molecular weight excluding hydrogens is 234 g/mol. The molecule has 0 radical (unpaired) electrons. The van der Waals surface area contributed by atoms with E-state index < -0.39 is 0 Å². The Bertz CT molecular complexity index is 507. The van der Waals surface area contributed by atoms with E-state index in [4.69, 9.17) is 0 Å². The van der Waals surface area contributed by atoms with Crippen molar-refractivity contribution in [3.8, 4) is 0 Å². The van der Waals surface area contributed by atoms with Crippen LogP contribution in [0.25, 0.3) is 0 Å². The second-order valence-corrected chi connectivity index (χ2v) is 4.57. The minimum Gasteiger partial charge on any atom is -0.351 e. The third kappa shape index (κ3) is 3.68. The van der Waals surface area contributed by atoms with Crippen molar-refractivity contribution < 1.29 is 4.79 Å². The Morgan fingerprint density at radius 2 is 1.58 bits per heavy atom. The molecule has 2 nitrogen and oxygen atoms in total. The molecule has 2 aromatic rings. The van der Waals surface area contributed by atoms with Gasteiger partial charge in [0.2, 0.25) is 5.91 Å². The summed E-state index contributed by atoms with van der Waals surface area (Å²) in [5.74, 6) is 0.0301. The van der Waals surface area contributed by atoms with E-state index >= 15 is 0 Å². The van der Waals surface area contributed by atoms with E-state index in [1.54, 1.807) is 0 Å². The lowest BCUT2D eigenvalue weighted by molar-refractivity contribution is -0.122. The quantitative estimate of drug-likeness (QED) is 0.868. The normalized spacial score (nSPS) is 11.8. The maximum atomic E-state index is 12.2. The average molecular weight is 253 g/mol. The highest BCUT2D eigenvalue weighted by Gasteiger charge is 2.17. The Balaban J connectivity index is 1.98. The number of rotatable bonds is 5. The highest BCUT2D eigenvalue weighted by Crippen LogP contribution is 2.19. The molecule has 1 amide bonds. The molecule has 0 aliphatic rings. The molecule has 0 aliphatic carbocycles. The van der Waals surface area contributed by atoms with Crippen LogP contribution in [0.5, 0.6) is 0 Å². The first-order valence-corrected chi connectivity index (χ1v) is 6.68. The molecule has 2 aromatic carbocycles. The van der Waals surface area contributed by atoms with Gasteiger partial charge in [-0.25, -0.2) is 0 Å². The van der Waals surface area contributed by atoms with Gasteiger partial charge in [-0.3, -0.25) is 4.79 Å². The molecule has 0 saturated heterocycles. The first kappa shape index (κ1) is 13.3. The van der Waals surface area contributed by atoms with Gasteiger partial charge in [0.15, 0.2) is 0 Å². The number of hydrogen-bond acceptors (Lipinski definition) is 1. The summed E-state index contributed by atoms with van der Waals surface area (Å²) in [6.07, 6.45) is 0.810. The smallest absolute Gasteiger partial charge is 0.227 e. The predicted molar refractivity (Wildman–Crippen MR) is 77.8 cm³/mol. The summed E-state index contributed by atoms with van der Waals surface area (Å²) < 4.78 is 0. The van der Waals surface area contributed by atoms with E-state index in [2.05, 4.69) is 5.32 Å². The lowest BCUT2D eigenvalue weighted by Crippen LogP contribution is -2.28. The summed E-state index contributed by atoms with van der Waals surface area (Å²) in [6.45, 7) is 2.63. The molecule has 19 heavy (non-hydrogen) atoms. The van der Waals surface area contributed by atoms with Crippen molar-refractivity contribution in [3.63, 3.8) is 0 Å². The minimum atomic E-state index is -0.0649. The zero-order valence-corrected chi connectivity index (χ0v) is 11.2. The van der Waals surface area contributed by atoms with Crippen LogP contribution in [0, 0.1) is 0 Å². The topological polar surface area (TPSA) is 29.1 Å². The molecular formula is C17H19NO. The van der Waals surface area contributed by atoms with E-state index in [0.29, 0.717) is 6.54 Å². The molecule has 1 N–H and O–H groups in total. The third-order valence-electron chi connectivity index (χ3n) is 3.24. The second-order valence-electron chi connectivity index (χ2n) is 4.57. The highest BCUT2D eigenvalue weighted by atomic mass is 16.1. The van der Waals surface area contributed by atoms with Gasteiger partial charge in [-0.2, -0.15) is 0 Å². The van der Waals surface area contributed by atoms with Crippen molar-refractivity contribution in [2.24, 2.45) is 0 Å². The Kier molecular flexibility index (Phi) is 4.73. The lowest BCUT2D eigenvalue weighted by atomic mass is 9.95. The molecule has 98 valence electrons. The summed E-state index contributed by atoms with van der Waals surface area (Å²) >= 11 is 0. The summed E-state index contributed by atoms with van der Waals surface area (Å²) in [7, 11) is 0. The number of amides is 1. The van der Waals surface area contributed by atoms with Gasteiger partial charge in [0, 0.05) is 6.54 Å². The SMILES string of the molecule is CCC(C(=O)NCc1ccccc1)c1ccccc1. The van der Waals surface area contributed by atoms with Crippen LogP contribution >= 0.6 is 0 Å². The first-order valence-electron chi connectivity index (χ1n) is 6.68. The summed E-state index contributed by atoms with van der Waals surface area (Å²) in [4.78, 5) is 12.2. The molecule has 0 heterocycles. The molecule has 2 heteroatoms. The van der Waals surface area contributed by atoms with Crippen LogP contribution in [0.4, 0.5) is 0 Å². The van der Waals surface area contributed by atoms with Gasteiger partial charge in [0.1, 0.15) is 0 Å². The van der Waals surface area contributed by atoms with Crippen LogP contribution in [-0.2, 0) is 11.3 Å². The van der Waals surface area contributed by atoms with Crippen LogP contribution in [0.1, 0.15) is 30.4 Å². The Hall–Kier alpha value is -2.09. The molecule has 0 fully saturated rings. The lowest BCUT2D eigenvalue weighted by Gasteiger charge is -2.15. The number of hydrogen-bond donors (Lipinski definition) is 1. The van der Waals surface area contributed by atoms with Gasteiger partial charge >= 0.3 is 0 Å². The zero-order valence-electron chi connectivity index (χ0n) is 11.2. The van der Waals surface area contributed by atoms with Gasteiger partial charge in [0.05, 0.1) is 5.92 Å². The fraction of sp³-hybridized carbons (Fsp3) is 0.235. The second kappa shape index (κ2) is 6.74. The first-order chi connectivity index (χ1) is 9.31. The Morgan fingerprint density at radius 3 is 2.16 bits per heavy atom. The van der Waals surface area contributed by atoms with Gasteiger partial charge < -0.3 is 5.32 Å². The van der Waals surface area contributed by atoms with Crippen LogP contribution in [0.15, 0.2) is 60.7 Å². The van der Waals surface area contributed by atoms with Gasteiger partial charge in [-0.05, 0) is 17.5 Å². The minimum absolute atomic E-state index is 0.0649. The third-order valence-corrected chi connectivity index (χ3v) is 3.24. The largest absolute Gasteiger partial charge is 0.351 e. The standard InChI is InChI=1S/C17H19NO/c1-2-16(15-11-7-4-8-12-15)17(19)18-13-14-9-5-3-6-10-14/h3-12,16H,2,13H2,1H3,(H,18,19). The van der Waals surface area contributed by atoms with E-state index in [9.17, 15) is 4.79 Å². The molecule has 2 rings (SSSR count). The van der Waals surface area contributed by atoms with Crippen molar-refractivity contribution >= 4 is 5.91 Å². The summed E-state index contributed by atoms with van der Waals surface area (Å²) in [5.41, 5.74) is 2.20. The van der Waals surface area contributed by atoms with E-state index in [0.717, 1.165) is 17.5 Å². The van der Waals surface area contributed by atoms with Crippen LogP contribution in [-0.4, -0.2) is 5.91 Å². The average Bonchev–Trinajstić information content (AvgIpc) is 2.48. The van der Waals surface area contributed by atoms with Crippen molar-refractivity contribution in [2.75, 3.05) is 0 Å². The van der Waals surface area contributed by atoms with Gasteiger partial charge in [-0.1, -0.05) is 67.6 Å².